The van der Waals surface area contributed by atoms with Crippen molar-refractivity contribution in [1.82, 2.24) is 15.2 Å². The van der Waals surface area contributed by atoms with Crippen LogP contribution in [-0.4, -0.2) is 33.4 Å². The topological polar surface area (TPSA) is 77.4 Å². The number of anilines is 1. The van der Waals surface area contributed by atoms with Crippen molar-refractivity contribution < 1.29 is 14.3 Å². The summed E-state index contributed by atoms with van der Waals surface area (Å²) >= 11 is 1.49. The first-order chi connectivity index (χ1) is 15.4. The van der Waals surface area contributed by atoms with Crippen molar-refractivity contribution in [2.45, 2.75) is 46.0 Å². The van der Waals surface area contributed by atoms with Crippen molar-refractivity contribution in [3.05, 3.63) is 53.1 Å². The highest BCUT2D eigenvalue weighted by Gasteiger charge is 2.37. The van der Waals surface area contributed by atoms with Gasteiger partial charge in [-0.2, -0.15) is 4.98 Å². The zero-order valence-corrected chi connectivity index (χ0v) is 19.7. The maximum Gasteiger partial charge on any atom is 0.247 e. The molecule has 0 fully saturated rings. The van der Waals surface area contributed by atoms with E-state index in [-0.39, 0.29) is 5.91 Å². The molecule has 0 N–H and O–H groups in total. The molecule has 0 unspecified atom stereocenters. The van der Waals surface area contributed by atoms with Crippen molar-refractivity contribution in [3.63, 3.8) is 0 Å². The van der Waals surface area contributed by atoms with Gasteiger partial charge in [-0.1, -0.05) is 42.4 Å². The molecule has 32 heavy (non-hydrogen) atoms. The monoisotopic (exact) mass is 450 g/mol. The SMILES string of the molecule is CCOc1ccccc1[C@@H]1Oc2nc(SCC)nnc2-c2cc(C)cc(C)c2N1C(C)=O. The number of fused-ring (bicyclic) bond motifs is 3. The molecule has 8 heteroatoms. The maximum absolute atomic E-state index is 13.1. The fourth-order valence-electron chi connectivity index (χ4n) is 3.97. The van der Waals surface area contributed by atoms with Crippen LogP contribution >= 0.6 is 11.8 Å². The summed E-state index contributed by atoms with van der Waals surface area (Å²) in [4.78, 5) is 19.4. The third-order valence-corrected chi connectivity index (χ3v) is 5.85. The van der Waals surface area contributed by atoms with Gasteiger partial charge in [0.25, 0.3) is 0 Å². The first-order valence-electron chi connectivity index (χ1n) is 10.6. The van der Waals surface area contributed by atoms with E-state index in [4.69, 9.17) is 9.47 Å². The lowest BCUT2D eigenvalue weighted by atomic mass is 10.00. The smallest absolute Gasteiger partial charge is 0.247 e. The lowest BCUT2D eigenvalue weighted by molar-refractivity contribution is -0.118. The largest absolute Gasteiger partial charge is 0.493 e. The Balaban J connectivity index is 2.02. The average molecular weight is 451 g/mol. The molecule has 1 atom stereocenters. The Kier molecular flexibility index (Phi) is 6.32. The molecule has 2 aromatic carbocycles. The fourth-order valence-corrected chi connectivity index (χ4v) is 4.48. The molecule has 0 saturated carbocycles. The summed E-state index contributed by atoms with van der Waals surface area (Å²) in [6.07, 6.45) is -0.771. The van der Waals surface area contributed by atoms with Gasteiger partial charge >= 0.3 is 0 Å². The molecule has 1 amide bonds. The van der Waals surface area contributed by atoms with E-state index < -0.39 is 6.23 Å². The van der Waals surface area contributed by atoms with Crippen LogP contribution in [0.1, 0.15) is 43.7 Å². The summed E-state index contributed by atoms with van der Waals surface area (Å²) in [5.41, 5.74) is 4.78. The summed E-state index contributed by atoms with van der Waals surface area (Å²) in [5.74, 6) is 1.66. The number of benzene rings is 2. The van der Waals surface area contributed by atoms with Gasteiger partial charge in [0, 0.05) is 12.5 Å². The Morgan fingerprint density at radius 1 is 1.19 bits per heavy atom. The number of carbonyl (C=O) groups is 1. The maximum atomic E-state index is 13.1. The number of thioether (sulfide) groups is 1. The number of aromatic nitrogens is 3. The van der Waals surface area contributed by atoms with E-state index in [1.807, 2.05) is 64.1 Å². The number of ether oxygens (including phenoxy) is 2. The summed E-state index contributed by atoms with van der Waals surface area (Å²) in [7, 11) is 0. The van der Waals surface area contributed by atoms with Crippen LogP contribution in [0, 0.1) is 13.8 Å². The van der Waals surface area contributed by atoms with Gasteiger partial charge in [-0.15, -0.1) is 10.2 Å². The van der Waals surface area contributed by atoms with Crippen molar-refractivity contribution >= 4 is 23.4 Å². The molecule has 2 heterocycles. The third kappa shape index (κ3) is 4.02. The molecular weight excluding hydrogens is 424 g/mol. The number of amides is 1. The lowest BCUT2D eigenvalue weighted by Gasteiger charge is -2.32. The number of nitrogens with zero attached hydrogens (tertiary/aromatic N) is 4. The second-order valence-electron chi connectivity index (χ2n) is 7.49. The number of hydrogen-bond acceptors (Lipinski definition) is 7. The molecule has 0 saturated heterocycles. The van der Waals surface area contributed by atoms with Crippen LogP contribution in [0.25, 0.3) is 11.3 Å². The molecule has 0 radical (unpaired) electrons. The summed E-state index contributed by atoms with van der Waals surface area (Å²) in [6, 6.07) is 11.7. The van der Waals surface area contributed by atoms with Crippen molar-refractivity contribution in [1.29, 1.82) is 0 Å². The number of hydrogen-bond donors (Lipinski definition) is 0. The van der Waals surface area contributed by atoms with E-state index >= 15 is 0 Å². The second kappa shape index (κ2) is 9.16. The quantitative estimate of drug-likeness (QED) is 0.500. The van der Waals surface area contributed by atoms with Crippen LogP contribution < -0.4 is 14.4 Å². The number of carbonyl (C=O) groups excluding carboxylic acids is 1. The molecule has 0 aliphatic carbocycles. The van der Waals surface area contributed by atoms with Crippen LogP contribution in [-0.2, 0) is 4.79 Å². The highest BCUT2D eigenvalue weighted by atomic mass is 32.2. The van der Waals surface area contributed by atoms with Crippen molar-refractivity contribution in [3.8, 4) is 22.9 Å². The number of aryl methyl sites for hydroxylation is 2. The summed E-state index contributed by atoms with van der Waals surface area (Å²) in [6.45, 7) is 9.99. The molecule has 1 aromatic heterocycles. The average Bonchev–Trinajstić information content (AvgIpc) is 2.89. The number of rotatable bonds is 5. The zero-order chi connectivity index (χ0) is 22.8. The fraction of sp³-hybridized carbons (Fsp3) is 0.333. The molecule has 4 rings (SSSR count). The molecule has 0 spiro atoms. The van der Waals surface area contributed by atoms with Crippen LogP contribution in [0.15, 0.2) is 41.6 Å². The minimum absolute atomic E-state index is 0.154. The van der Waals surface area contributed by atoms with Gasteiger partial charge in [-0.05, 0) is 50.3 Å². The van der Waals surface area contributed by atoms with Crippen LogP contribution in [0.4, 0.5) is 5.69 Å². The highest BCUT2D eigenvalue weighted by molar-refractivity contribution is 7.99. The van der Waals surface area contributed by atoms with E-state index in [0.29, 0.717) is 29.1 Å². The Hall–Kier alpha value is -3.13. The Labute approximate surface area is 192 Å². The summed E-state index contributed by atoms with van der Waals surface area (Å²) < 4.78 is 12.3. The van der Waals surface area contributed by atoms with Gasteiger partial charge in [-0.3, -0.25) is 9.69 Å². The van der Waals surface area contributed by atoms with Gasteiger partial charge < -0.3 is 9.47 Å². The first-order valence-corrected chi connectivity index (χ1v) is 11.6. The minimum atomic E-state index is -0.771. The van der Waals surface area contributed by atoms with Crippen LogP contribution in [0.3, 0.4) is 0 Å². The summed E-state index contributed by atoms with van der Waals surface area (Å²) in [5, 5.41) is 9.30. The van der Waals surface area contributed by atoms with Gasteiger partial charge in [0.05, 0.1) is 17.9 Å². The molecule has 1 aliphatic rings. The van der Waals surface area contributed by atoms with Gasteiger partial charge in [-0.25, -0.2) is 0 Å². The Morgan fingerprint density at radius 2 is 1.97 bits per heavy atom. The van der Waals surface area contributed by atoms with Crippen LogP contribution in [0.2, 0.25) is 0 Å². The van der Waals surface area contributed by atoms with Crippen molar-refractivity contribution in [2.24, 2.45) is 0 Å². The van der Waals surface area contributed by atoms with E-state index in [1.165, 1.54) is 18.7 Å². The minimum Gasteiger partial charge on any atom is -0.493 e. The standard InChI is InChI=1S/C24H26N4O3S/c1-6-30-19-11-9-8-10-17(19)23-28(16(5)29)21-15(4)12-14(3)13-18(21)20-22(31-23)25-24(27-26-20)32-7-2/h8-13,23H,6-7H2,1-5H3/t23-/m0/s1. The third-order valence-electron chi connectivity index (χ3n) is 5.13. The Morgan fingerprint density at radius 3 is 2.69 bits per heavy atom. The first kappa shape index (κ1) is 22.1. The zero-order valence-electron chi connectivity index (χ0n) is 18.9. The van der Waals surface area contributed by atoms with Crippen LogP contribution in [0.5, 0.6) is 11.6 Å². The lowest BCUT2D eigenvalue weighted by Crippen LogP contribution is -2.36. The van der Waals surface area contributed by atoms with Gasteiger partial charge in [0.1, 0.15) is 5.75 Å². The van der Waals surface area contributed by atoms with E-state index in [2.05, 4.69) is 15.2 Å². The Bertz CT molecular complexity index is 1170. The molecule has 3 aromatic rings. The van der Waals surface area contributed by atoms with Crippen molar-refractivity contribution in [2.75, 3.05) is 17.3 Å². The van der Waals surface area contributed by atoms with E-state index in [1.54, 1.807) is 4.90 Å². The molecule has 1 aliphatic heterocycles. The predicted molar refractivity (Wildman–Crippen MR) is 125 cm³/mol. The normalized spacial score (nSPS) is 14.8. The van der Waals surface area contributed by atoms with Gasteiger partial charge in [0.15, 0.2) is 5.69 Å². The van der Waals surface area contributed by atoms with E-state index in [9.17, 15) is 4.79 Å². The van der Waals surface area contributed by atoms with E-state index in [0.717, 1.165) is 33.7 Å². The molecule has 166 valence electrons. The molecule has 0 bridgehead atoms. The highest BCUT2D eigenvalue weighted by Crippen LogP contribution is 2.46. The second-order valence-corrected chi connectivity index (χ2v) is 8.72. The number of para-hydroxylation sites is 1. The predicted octanol–water partition coefficient (Wildman–Crippen LogP) is 5.11. The van der Waals surface area contributed by atoms with Gasteiger partial charge in [0.2, 0.25) is 23.2 Å². The molecule has 7 nitrogen and oxygen atoms in total. The molecular formula is C24H26N4O3S.